The standard InChI is InChI=1S/C17H18O4/c1-13(2)21-16(19)17(12-15(18)9-11-20-17)10-8-14-6-4-3-5-7-14/h3-11,13H,12H2,1-2H3/b10-8+/t17-/m1/s1. The molecule has 0 aliphatic carbocycles. The molecule has 4 nitrogen and oxygen atoms in total. The second-order valence-electron chi connectivity index (χ2n) is 5.15. The molecule has 0 saturated heterocycles. The first-order valence-electron chi connectivity index (χ1n) is 6.84. The molecular formula is C17H18O4. The zero-order valence-corrected chi connectivity index (χ0v) is 12.1. The lowest BCUT2D eigenvalue weighted by Crippen LogP contribution is -2.44. The van der Waals surface area contributed by atoms with E-state index in [1.165, 1.54) is 12.3 Å². The molecule has 0 radical (unpaired) electrons. The average Bonchev–Trinajstić information content (AvgIpc) is 2.45. The molecule has 0 unspecified atom stereocenters. The fraction of sp³-hybridized carbons (Fsp3) is 0.294. The smallest absolute Gasteiger partial charge is 0.355 e. The van der Waals surface area contributed by atoms with Crippen LogP contribution in [0.1, 0.15) is 25.8 Å². The Kier molecular flexibility index (Phi) is 4.58. The van der Waals surface area contributed by atoms with Crippen molar-refractivity contribution in [3.8, 4) is 0 Å². The van der Waals surface area contributed by atoms with Crippen LogP contribution in [0.4, 0.5) is 0 Å². The Balaban J connectivity index is 2.28. The van der Waals surface area contributed by atoms with Gasteiger partial charge in [0.25, 0.3) is 0 Å². The molecule has 0 amide bonds. The third-order valence-electron chi connectivity index (χ3n) is 3.00. The molecule has 110 valence electrons. The molecule has 1 aliphatic rings. The van der Waals surface area contributed by atoms with Crippen LogP contribution >= 0.6 is 0 Å². The Bertz CT molecular complexity index is 572. The van der Waals surface area contributed by atoms with Gasteiger partial charge in [-0.15, -0.1) is 0 Å². The minimum atomic E-state index is -1.38. The van der Waals surface area contributed by atoms with Crippen LogP contribution in [0.5, 0.6) is 0 Å². The zero-order valence-electron chi connectivity index (χ0n) is 12.1. The lowest BCUT2D eigenvalue weighted by atomic mass is 9.93. The Morgan fingerprint density at radius 2 is 2.05 bits per heavy atom. The van der Waals surface area contributed by atoms with Crippen molar-refractivity contribution < 1.29 is 19.1 Å². The van der Waals surface area contributed by atoms with E-state index in [0.29, 0.717) is 0 Å². The van der Waals surface area contributed by atoms with Gasteiger partial charge in [0.15, 0.2) is 5.78 Å². The third-order valence-corrected chi connectivity index (χ3v) is 3.00. The summed E-state index contributed by atoms with van der Waals surface area (Å²) in [6.07, 6.45) is 5.59. The lowest BCUT2D eigenvalue weighted by molar-refractivity contribution is -0.167. The van der Waals surface area contributed by atoms with Crippen molar-refractivity contribution in [1.29, 1.82) is 0 Å². The van der Waals surface area contributed by atoms with Crippen molar-refractivity contribution in [2.45, 2.75) is 32.0 Å². The van der Waals surface area contributed by atoms with E-state index < -0.39 is 11.6 Å². The van der Waals surface area contributed by atoms with Crippen LogP contribution in [0.2, 0.25) is 0 Å². The van der Waals surface area contributed by atoms with Gasteiger partial charge in [0, 0.05) is 6.08 Å². The highest BCUT2D eigenvalue weighted by Crippen LogP contribution is 2.27. The SMILES string of the molecule is CC(C)OC(=O)[C@@]1(/C=C/c2ccccc2)CC(=O)C=CO1. The highest BCUT2D eigenvalue weighted by Gasteiger charge is 2.43. The summed E-state index contributed by atoms with van der Waals surface area (Å²) in [5.74, 6) is -0.720. The fourth-order valence-corrected chi connectivity index (χ4v) is 1.99. The van der Waals surface area contributed by atoms with Gasteiger partial charge in [0.05, 0.1) is 18.8 Å². The third kappa shape index (κ3) is 3.81. The summed E-state index contributed by atoms with van der Waals surface area (Å²) in [6.45, 7) is 3.51. The summed E-state index contributed by atoms with van der Waals surface area (Å²) in [5, 5.41) is 0. The van der Waals surface area contributed by atoms with Crippen molar-refractivity contribution in [3.63, 3.8) is 0 Å². The van der Waals surface area contributed by atoms with Gasteiger partial charge in [-0.1, -0.05) is 36.4 Å². The average molecular weight is 286 g/mol. The van der Waals surface area contributed by atoms with Crippen LogP contribution in [0.25, 0.3) is 6.08 Å². The van der Waals surface area contributed by atoms with Crippen LogP contribution in [-0.4, -0.2) is 23.5 Å². The summed E-state index contributed by atoms with van der Waals surface area (Å²) in [7, 11) is 0. The number of benzene rings is 1. The molecular weight excluding hydrogens is 268 g/mol. The maximum Gasteiger partial charge on any atom is 0.355 e. The van der Waals surface area contributed by atoms with Crippen molar-refractivity contribution >= 4 is 17.8 Å². The summed E-state index contributed by atoms with van der Waals surface area (Å²) in [6, 6.07) is 9.50. The second-order valence-corrected chi connectivity index (χ2v) is 5.15. The van der Waals surface area contributed by atoms with E-state index in [9.17, 15) is 9.59 Å². The first kappa shape index (κ1) is 15.0. The second kappa shape index (κ2) is 6.39. The van der Waals surface area contributed by atoms with Gasteiger partial charge in [-0.3, -0.25) is 4.79 Å². The maximum absolute atomic E-state index is 12.3. The first-order chi connectivity index (χ1) is 10.0. The van der Waals surface area contributed by atoms with E-state index in [2.05, 4.69) is 0 Å². The number of allylic oxidation sites excluding steroid dienone is 1. The van der Waals surface area contributed by atoms with Crippen LogP contribution in [0, 0.1) is 0 Å². The predicted octanol–water partition coefficient (Wildman–Crippen LogP) is 2.89. The molecule has 0 N–H and O–H groups in total. The van der Waals surface area contributed by atoms with Gasteiger partial charge in [-0.2, -0.15) is 0 Å². The molecule has 0 fully saturated rings. The van der Waals surface area contributed by atoms with E-state index >= 15 is 0 Å². The molecule has 1 aromatic carbocycles. The summed E-state index contributed by atoms with van der Waals surface area (Å²) < 4.78 is 10.7. The van der Waals surface area contributed by atoms with E-state index in [1.807, 2.05) is 30.3 Å². The highest BCUT2D eigenvalue weighted by molar-refractivity contribution is 5.97. The van der Waals surface area contributed by atoms with Gasteiger partial charge in [-0.25, -0.2) is 4.79 Å². The number of carbonyl (C=O) groups excluding carboxylic acids is 2. The highest BCUT2D eigenvalue weighted by atomic mass is 16.6. The van der Waals surface area contributed by atoms with Gasteiger partial charge in [0.2, 0.25) is 5.60 Å². The lowest BCUT2D eigenvalue weighted by Gasteiger charge is -2.30. The van der Waals surface area contributed by atoms with E-state index in [4.69, 9.17) is 9.47 Å². The molecule has 2 rings (SSSR count). The monoisotopic (exact) mass is 286 g/mol. The van der Waals surface area contributed by atoms with Crippen molar-refractivity contribution in [1.82, 2.24) is 0 Å². The fourth-order valence-electron chi connectivity index (χ4n) is 1.99. The van der Waals surface area contributed by atoms with E-state index in [1.54, 1.807) is 26.0 Å². The van der Waals surface area contributed by atoms with Crippen molar-refractivity contribution in [2.24, 2.45) is 0 Å². The number of rotatable bonds is 4. The number of hydrogen-bond donors (Lipinski definition) is 0. The molecule has 0 spiro atoms. The molecule has 1 aromatic rings. The summed E-state index contributed by atoms with van der Waals surface area (Å²) in [5.41, 5.74) is -0.466. The Hall–Kier alpha value is -2.36. The van der Waals surface area contributed by atoms with Gasteiger partial charge < -0.3 is 9.47 Å². The molecule has 21 heavy (non-hydrogen) atoms. The quantitative estimate of drug-likeness (QED) is 0.799. The largest absolute Gasteiger partial charge is 0.478 e. The van der Waals surface area contributed by atoms with E-state index in [0.717, 1.165) is 5.56 Å². The number of ketones is 1. The minimum absolute atomic E-state index is 0.0572. The summed E-state index contributed by atoms with van der Waals surface area (Å²) in [4.78, 5) is 24.0. The molecule has 1 atom stereocenters. The number of hydrogen-bond acceptors (Lipinski definition) is 4. The van der Waals surface area contributed by atoms with Gasteiger partial charge in [-0.05, 0) is 25.5 Å². The molecule has 0 bridgehead atoms. The molecule has 1 aliphatic heterocycles. The van der Waals surface area contributed by atoms with Crippen molar-refractivity contribution in [3.05, 3.63) is 54.3 Å². The van der Waals surface area contributed by atoms with Crippen LogP contribution < -0.4 is 0 Å². The Labute approximate surface area is 124 Å². The Morgan fingerprint density at radius 3 is 2.67 bits per heavy atom. The van der Waals surface area contributed by atoms with Crippen LogP contribution in [-0.2, 0) is 19.1 Å². The number of ether oxygens (including phenoxy) is 2. The van der Waals surface area contributed by atoms with Crippen LogP contribution in [0.15, 0.2) is 48.7 Å². The number of esters is 1. The molecule has 1 heterocycles. The predicted molar refractivity (Wildman–Crippen MR) is 79.3 cm³/mol. The zero-order chi connectivity index (χ0) is 15.3. The molecule has 4 heteroatoms. The van der Waals surface area contributed by atoms with Gasteiger partial charge in [0.1, 0.15) is 0 Å². The summed E-state index contributed by atoms with van der Waals surface area (Å²) >= 11 is 0. The maximum atomic E-state index is 12.3. The van der Waals surface area contributed by atoms with Crippen LogP contribution in [0.3, 0.4) is 0 Å². The molecule has 0 saturated carbocycles. The first-order valence-corrected chi connectivity index (χ1v) is 6.84. The Morgan fingerprint density at radius 1 is 1.33 bits per heavy atom. The molecule has 0 aromatic heterocycles. The normalized spacial score (nSPS) is 21.6. The number of carbonyl (C=O) groups is 2. The van der Waals surface area contributed by atoms with Gasteiger partial charge >= 0.3 is 5.97 Å². The topological polar surface area (TPSA) is 52.6 Å². The minimum Gasteiger partial charge on any atom is -0.478 e. The van der Waals surface area contributed by atoms with Crippen molar-refractivity contribution in [2.75, 3.05) is 0 Å². The van der Waals surface area contributed by atoms with E-state index in [-0.39, 0.29) is 18.3 Å².